The predicted octanol–water partition coefficient (Wildman–Crippen LogP) is 4.49. The molecule has 160 valence electrons. The SMILES string of the molecule is C=C1[C@@H]2CC[C@@]34O[C@@]35CCC[C@@](C)(C(=O)O)[C@H]5CC[C@]4(C2)[C@H]1OC(=O)CC(C)C. The van der Waals surface area contributed by atoms with Gasteiger partial charge in [0.2, 0.25) is 0 Å². The maximum Gasteiger partial charge on any atom is 0.309 e. The van der Waals surface area contributed by atoms with E-state index in [1.54, 1.807) is 0 Å². The summed E-state index contributed by atoms with van der Waals surface area (Å²) >= 11 is 0. The standard InChI is InChI=1S/C24H34O5/c1-14(2)12-18(25)28-19-15(3)16-6-11-24-22(19,13-16)10-7-17-21(4,20(26)27)8-5-9-23(17,24)29-24/h14,16-17,19H,3,5-13H2,1-2,4H3,(H,26,27)/t16-,17-,19+,21-,22+,23-,24+/m1/s1. The Morgan fingerprint density at radius 2 is 2.00 bits per heavy atom. The summed E-state index contributed by atoms with van der Waals surface area (Å²) in [4.78, 5) is 24.9. The van der Waals surface area contributed by atoms with Crippen LogP contribution in [0.3, 0.4) is 0 Å². The molecule has 1 saturated heterocycles. The van der Waals surface area contributed by atoms with Crippen molar-refractivity contribution < 1.29 is 24.2 Å². The average molecular weight is 403 g/mol. The summed E-state index contributed by atoms with van der Waals surface area (Å²) in [5.74, 6) is -0.127. The van der Waals surface area contributed by atoms with E-state index >= 15 is 0 Å². The monoisotopic (exact) mass is 402 g/mol. The van der Waals surface area contributed by atoms with Crippen molar-refractivity contribution in [1.29, 1.82) is 0 Å². The molecule has 4 aliphatic carbocycles. The quantitative estimate of drug-likeness (QED) is 0.426. The van der Waals surface area contributed by atoms with Crippen LogP contribution >= 0.6 is 0 Å². The Bertz CT molecular complexity index is 788. The lowest BCUT2D eigenvalue weighted by Gasteiger charge is -2.53. The van der Waals surface area contributed by atoms with Gasteiger partial charge in [-0.1, -0.05) is 20.4 Å². The van der Waals surface area contributed by atoms with Gasteiger partial charge in [-0.15, -0.1) is 0 Å². The number of hydrogen-bond acceptors (Lipinski definition) is 4. The molecule has 0 aromatic rings. The topological polar surface area (TPSA) is 76.1 Å². The van der Waals surface area contributed by atoms with Crippen LogP contribution in [-0.4, -0.2) is 34.4 Å². The first-order chi connectivity index (χ1) is 13.6. The second kappa shape index (κ2) is 5.87. The Morgan fingerprint density at radius 3 is 2.69 bits per heavy atom. The predicted molar refractivity (Wildman–Crippen MR) is 107 cm³/mol. The van der Waals surface area contributed by atoms with E-state index in [4.69, 9.17) is 9.47 Å². The summed E-state index contributed by atoms with van der Waals surface area (Å²) in [6.45, 7) is 10.4. The molecule has 0 aromatic heterocycles. The number of carbonyl (C=O) groups is 2. The van der Waals surface area contributed by atoms with Crippen LogP contribution in [0, 0.1) is 28.6 Å². The molecule has 3 spiro atoms. The summed E-state index contributed by atoms with van der Waals surface area (Å²) in [5.41, 5.74) is -0.555. The lowest BCUT2D eigenvalue weighted by atomic mass is 9.46. The Hall–Kier alpha value is -1.36. The zero-order valence-corrected chi connectivity index (χ0v) is 18.0. The highest BCUT2D eigenvalue weighted by atomic mass is 16.6. The van der Waals surface area contributed by atoms with Crippen LogP contribution in [-0.2, 0) is 19.1 Å². The Labute approximate surface area is 173 Å². The molecule has 1 aliphatic heterocycles. The van der Waals surface area contributed by atoms with Crippen LogP contribution in [0.2, 0.25) is 0 Å². The lowest BCUT2D eigenvalue weighted by Crippen LogP contribution is -2.61. The number of hydrogen-bond donors (Lipinski definition) is 1. The van der Waals surface area contributed by atoms with Crippen molar-refractivity contribution in [2.75, 3.05) is 0 Å². The van der Waals surface area contributed by atoms with Gasteiger partial charge in [-0.25, -0.2) is 0 Å². The minimum atomic E-state index is -0.723. The molecule has 0 radical (unpaired) electrons. The lowest BCUT2D eigenvalue weighted by molar-refractivity contribution is -0.163. The van der Waals surface area contributed by atoms with Crippen molar-refractivity contribution in [1.82, 2.24) is 0 Å². The molecule has 4 saturated carbocycles. The van der Waals surface area contributed by atoms with Gasteiger partial charge in [-0.05, 0) is 75.7 Å². The summed E-state index contributed by atoms with van der Waals surface area (Å²) in [5, 5.41) is 10.1. The average Bonchev–Trinajstić information content (AvgIpc) is 3.24. The molecule has 1 heterocycles. The van der Waals surface area contributed by atoms with E-state index < -0.39 is 11.4 Å². The fraction of sp³-hybridized carbons (Fsp3) is 0.833. The van der Waals surface area contributed by atoms with Crippen LogP contribution in [0.4, 0.5) is 0 Å². The van der Waals surface area contributed by atoms with Crippen molar-refractivity contribution in [3.8, 4) is 0 Å². The number of carboxylic acids is 1. The maximum atomic E-state index is 12.6. The summed E-state index contributed by atoms with van der Waals surface area (Å²) in [6, 6.07) is 0. The van der Waals surface area contributed by atoms with Gasteiger partial charge in [0.15, 0.2) is 0 Å². The molecule has 5 nitrogen and oxygen atoms in total. The van der Waals surface area contributed by atoms with Crippen LogP contribution in [0.1, 0.15) is 78.6 Å². The molecule has 5 fully saturated rings. The smallest absolute Gasteiger partial charge is 0.309 e. The van der Waals surface area contributed by atoms with Crippen molar-refractivity contribution in [2.24, 2.45) is 28.6 Å². The third-order valence-electron chi connectivity index (χ3n) is 9.39. The van der Waals surface area contributed by atoms with Gasteiger partial charge in [-0.3, -0.25) is 9.59 Å². The zero-order valence-electron chi connectivity index (χ0n) is 18.0. The molecule has 5 rings (SSSR count). The summed E-state index contributed by atoms with van der Waals surface area (Å²) in [6.07, 6.45) is 7.33. The van der Waals surface area contributed by atoms with Crippen LogP contribution < -0.4 is 0 Å². The highest BCUT2D eigenvalue weighted by Gasteiger charge is 2.88. The second-order valence-electron chi connectivity index (χ2n) is 11.1. The summed E-state index contributed by atoms with van der Waals surface area (Å²) in [7, 11) is 0. The van der Waals surface area contributed by atoms with Gasteiger partial charge >= 0.3 is 11.9 Å². The Morgan fingerprint density at radius 1 is 1.24 bits per heavy atom. The molecule has 0 aromatic carbocycles. The first kappa shape index (κ1) is 19.6. The van der Waals surface area contributed by atoms with Crippen molar-refractivity contribution in [3.63, 3.8) is 0 Å². The molecule has 7 atom stereocenters. The largest absolute Gasteiger partial charge is 0.481 e. The van der Waals surface area contributed by atoms with E-state index in [-0.39, 0.29) is 40.5 Å². The highest BCUT2D eigenvalue weighted by molar-refractivity contribution is 5.75. The van der Waals surface area contributed by atoms with Crippen molar-refractivity contribution >= 4 is 11.9 Å². The van der Waals surface area contributed by atoms with Gasteiger partial charge in [0.25, 0.3) is 0 Å². The fourth-order valence-electron chi connectivity index (χ4n) is 8.14. The van der Waals surface area contributed by atoms with Gasteiger partial charge in [0.05, 0.1) is 5.41 Å². The number of carboxylic acid groups (broad SMARTS) is 1. The third kappa shape index (κ3) is 2.21. The second-order valence-corrected chi connectivity index (χ2v) is 11.1. The molecule has 1 N–H and O–H groups in total. The van der Waals surface area contributed by atoms with E-state index in [0.717, 1.165) is 56.9 Å². The number of epoxide rings is 1. The first-order valence-corrected chi connectivity index (χ1v) is 11.4. The molecule has 2 bridgehead atoms. The molecule has 29 heavy (non-hydrogen) atoms. The van der Waals surface area contributed by atoms with Crippen LogP contribution in [0.5, 0.6) is 0 Å². The number of rotatable bonds is 4. The Balaban J connectivity index is 1.52. The Kier molecular flexibility index (Phi) is 3.96. The maximum absolute atomic E-state index is 12.6. The van der Waals surface area contributed by atoms with E-state index in [0.29, 0.717) is 12.3 Å². The van der Waals surface area contributed by atoms with Crippen molar-refractivity contribution in [2.45, 2.75) is 95.9 Å². The van der Waals surface area contributed by atoms with E-state index in [1.807, 2.05) is 20.8 Å². The van der Waals surface area contributed by atoms with Crippen LogP contribution in [0.15, 0.2) is 12.2 Å². The van der Waals surface area contributed by atoms with E-state index in [2.05, 4.69) is 6.58 Å². The number of ether oxygens (including phenoxy) is 2. The highest BCUT2D eigenvalue weighted by Crippen LogP contribution is 2.81. The fourth-order valence-corrected chi connectivity index (χ4v) is 8.14. The molecule has 0 amide bonds. The molecular weight excluding hydrogens is 368 g/mol. The number of esters is 1. The minimum Gasteiger partial charge on any atom is -0.481 e. The van der Waals surface area contributed by atoms with Crippen LogP contribution in [0.25, 0.3) is 0 Å². The van der Waals surface area contributed by atoms with E-state index in [1.165, 1.54) is 0 Å². The third-order valence-corrected chi connectivity index (χ3v) is 9.39. The molecule has 0 unspecified atom stereocenters. The summed E-state index contributed by atoms with van der Waals surface area (Å²) < 4.78 is 12.9. The molecule has 5 heteroatoms. The van der Waals surface area contributed by atoms with Gasteiger partial charge < -0.3 is 14.6 Å². The minimum absolute atomic E-state index is 0.0457. The normalized spacial score (nSPS) is 49.8. The zero-order chi connectivity index (χ0) is 20.8. The van der Waals surface area contributed by atoms with E-state index in [9.17, 15) is 14.7 Å². The van der Waals surface area contributed by atoms with Gasteiger partial charge in [0, 0.05) is 17.8 Å². The first-order valence-electron chi connectivity index (χ1n) is 11.4. The number of fused-ring (bicyclic) bond motifs is 1. The molecular formula is C24H34O5. The van der Waals surface area contributed by atoms with Crippen molar-refractivity contribution in [3.05, 3.63) is 12.2 Å². The number of carbonyl (C=O) groups excluding carboxylic acids is 1. The van der Waals surface area contributed by atoms with Gasteiger partial charge in [-0.2, -0.15) is 0 Å². The molecule has 5 aliphatic rings. The van der Waals surface area contributed by atoms with Gasteiger partial charge in [0.1, 0.15) is 17.3 Å². The number of aliphatic carboxylic acids is 1.